The highest BCUT2D eigenvalue weighted by atomic mass is 16.5. The van der Waals surface area contributed by atoms with Crippen molar-refractivity contribution in [3.05, 3.63) is 53.1 Å². The van der Waals surface area contributed by atoms with Crippen molar-refractivity contribution in [2.75, 3.05) is 32.8 Å². The second-order valence-electron chi connectivity index (χ2n) is 9.56. The minimum absolute atomic E-state index is 0.00923. The zero-order chi connectivity index (χ0) is 23.1. The molecule has 2 aliphatic heterocycles. The van der Waals surface area contributed by atoms with E-state index in [2.05, 4.69) is 41.4 Å². The molecule has 33 heavy (non-hydrogen) atoms. The van der Waals surface area contributed by atoms with Gasteiger partial charge in [-0.15, -0.1) is 5.10 Å². The molecule has 2 fully saturated rings. The Morgan fingerprint density at radius 1 is 1.06 bits per heavy atom. The molecule has 5 rings (SSSR count). The minimum atomic E-state index is 0.00923. The molecule has 8 nitrogen and oxygen atoms in total. The summed E-state index contributed by atoms with van der Waals surface area (Å²) in [6.45, 7) is 8.99. The van der Waals surface area contributed by atoms with E-state index in [0.29, 0.717) is 55.0 Å². The van der Waals surface area contributed by atoms with Crippen molar-refractivity contribution in [3.8, 4) is 5.75 Å². The third-order valence-corrected chi connectivity index (χ3v) is 6.84. The van der Waals surface area contributed by atoms with E-state index in [1.54, 1.807) is 6.07 Å². The largest absolute Gasteiger partial charge is 0.483 e. The lowest BCUT2D eigenvalue weighted by atomic mass is 10.0. The molecule has 2 aliphatic rings. The average Bonchev–Trinajstić information content (AvgIpc) is 3.50. The molecule has 3 heterocycles. The van der Waals surface area contributed by atoms with E-state index in [4.69, 9.17) is 4.74 Å². The molecule has 0 saturated carbocycles. The first kappa shape index (κ1) is 21.4. The number of fused-ring (bicyclic) bond motifs is 2. The summed E-state index contributed by atoms with van der Waals surface area (Å²) in [6, 6.07) is 11.6. The summed E-state index contributed by atoms with van der Waals surface area (Å²) in [4.78, 5) is 29.6. The summed E-state index contributed by atoms with van der Waals surface area (Å²) in [6.07, 6.45) is 0. The number of aromatic nitrogens is 3. The quantitative estimate of drug-likeness (QED) is 0.649. The van der Waals surface area contributed by atoms with Crippen LogP contribution < -0.4 is 4.74 Å². The molecule has 0 unspecified atom stereocenters. The molecule has 3 aromatic rings. The van der Waals surface area contributed by atoms with Crippen LogP contribution in [0.4, 0.5) is 0 Å². The zero-order valence-electron chi connectivity index (χ0n) is 19.2. The van der Waals surface area contributed by atoms with E-state index in [0.717, 1.165) is 22.4 Å². The maximum Gasteiger partial charge on any atom is 0.260 e. The third kappa shape index (κ3) is 4.17. The van der Waals surface area contributed by atoms with Crippen LogP contribution in [0.2, 0.25) is 0 Å². The summed E-state index contributed by atoms with van der Waals surface area (Å²) in [7, 11) is 0. The molecule has 0 bridgehead atoms. The second-order valence-corrected chi connectivity index (χ2v) is 9.56. The first-order valence-electron chi connectivity index (χ1n) is 11.5. The molecule has 2 aromatic carbocycles. The van der Waals surface area contributed by atoms with Crippen molar-refractivity contribution in [2.24, 2.45) is 11.8 Å². The van der Waals surface area contributed by atoms with Crippen LogP contribution in [-0.2, 0) is 4.79 Å². The molecule has 2 saturated heterocycles. The van der Waals surface area contributed by atoms with Gasteiger partial charge in [0, 0.05) is 43.6 Å². The number of benzene rings is 2. The molecule has 0 spiro atoms. The maximum absolute atomic E-state index is 13.0. The first-order chi connectivity index (χ1) is 15.9. The molecule has 172 valence electrons. The van der Waals surface area contributed by atoms with Crippen LogP contribution in [0.1, 0.15) is 41.3 Å². The van der Waals surface area contributed by atoms with Gasteiger partial charge in [-0.1, -0.05) is 31.2 Å². The monoisotopic (exact) mass is 447 g/mol. The minimum Gasteiger partial charge on any atom is -0.483 e. The van der Waals surface area contributed by atoms with Gasteiger partial charge in [-0.3, -0.25) is 14.7 Å². The van der Waals surface area contributed by atoms with Crippen LogP contribution in [-0.4, -0.2) is 69.8 Å². The smallest absolute Gasteiger partial charge is 0.260 e. The number of nitrogens with zero attached hydrogens (tertiary/aromatic N) is 4. The number of aryl methyl sites for hydroxylation is 1. The van der Waals surface area contributed by atoms with Gasteiger partial charge < -0.3 is 14.5 Å². The van der Waals surface area contributed by atoms with Gasteiger partial charge in [-0.2, -0.15) is 0 Å². The number of H-pyrrole nitrogens is 1. The van der Waals surface area contributed by atoms with Gasteiger partial charge in [0.05, 0.1) is 5.52 Å². The standard InChI is InChI=1S/C25H29N5O3/c1-15(2)20-6-4-16(3)8-23(20)33-14-24(31)29-10-18-12-30(13-19(18)11-29)25(32)17-5-7-21-22(9-17)27-28-26-21/h4-9,15,18-19H,10-14H2,1-3H3,(H,26,27,28)/t18-,19-/m1/s1. The maximum atomic E-state index is 13.0. The fourth-order valence-electron chi connectivity index (χ4n) is 4.99. The number of amides is 2. The van der Waals surface area contributed by atoms with Crippen LogP contribution >= 0.6 is 0 Å². The predicted octanol–water partition coefficient (Wildman–Crippen LogP) is 3.00. The van der Waals surface area contributed by atoms with Crippen molar-refractivity contribution < 1.29 is 14.3 Å². The fraction of sp³-hybridized carbons (Fsp3) is 0.440. The predicted molar refractivity (Wildman–Crippen MR) is 124 cm³/mol. The molecule has 2 atom stereocenters. The Hall–Kier alpha value is -3.42. The second kappa shape index (κ2) is 8.50. The lowest BCUT2D eigenvalue weighted by molar-refractivity contribution is -0.132. The number of carbonyl (C=O) groups is 2. The summed E-state index contributed by atoms with van der Waals surface area (Å²) in [5, 5.41) is 10.6. The number of nitrogens with one attached hydrogen (secondary N) is 1. The van der Waals surface area contributed by atoms with E-state index in [1.807, 2.05) is 34.9 Å². The molecule has 1 N–H and O–H groups in total. The summed E-state index contributed by atoms with van der Waals surface area (Å²) < 4.78 is 5.95. The van der Waals surface area contributed by atoms with Crippen molar-refractivity contribution in [1.29, 1.82) is 0 Å². The fourth-order valence-corrected chi connectivity index (χ4v) is 4.99. The number of carbonyl (C=O) groups excluding carboxylic acids is 2. The molecule has 0 aliphatic carbocycles. The van der Waals surface area contributed by atoms with Gasteiger partial charge in [-0.05, 0) is 48.2 Å². The Morgan fingerprint density at radius 3 is 2.52 bits per heavy atom. The van der Waals surface area contributed by atoms with E-state index in [9.17, 15) is 9.59 Å². The Balaban J connectivity index is 1.17. The van der Waals surface area contributed by atoms with E-state index >= 15 is 0 Å². The van der Waals surface area contributed by atoms with Gasteiger partial charge in [0.15, 0.2) is 6.61 Å². The number of hydrogen-bond acceptors (Lipinski definition) is 5. The summed E-state index contributed by atoms with van der Waals surface area (Å²) in [5.41, 5.74) is 4.35. The van der Waals surface area contributed by atoms with Gasteiger partial charge >= 0.3 is 0 Å². The summed E-state index contributed by atoms with van der Waals surface area (Å²) in [5.74, 6) is 1.75. The third-order valence-electron chi connectivity index (χ3n) is 6.84. The lowest BCUT2D eigenvalue weighted by Crippen LogP contribution is -2.37. The number of rotatable bonds is 5. The Kier molecular flexibility index (Phi) is 5.52. The van der Waals surface area contributed by atoms with E-state index in [-0.39, 0.29) is 18.4 Å². The molecular formula is C25H29N5O3. The SMILES string of the molecule is Cc1ccc(C(C)C)c(OCC(=O)N2C[C@@H]3CN(C(=O)c4ccc5[nH]nnc5c4)C[C@H]3C2)c1. The molecular weight excluding hydrogens is 418 g/mol. The van der Waals surface area contributed by atoms with Crippen LogP contribution in [0, 0.1) is 18.8 Å². The highest BCUT2D eigenvalue weighted by Crippen LogP contribution is 2.33. The van der Waals surface area contributed by atoms with Crippen LogP contribution in [0.3, 0.4) is 0 Å². The zero-order valence-corrected chi connectivity index (χ0v) is 19.2. The van der Waals surface area contributed by atoms with Crippen LogP contribution in [0.25, 0.3) is 11.0 Å². The van der Waals surface area contributed by atoms with E-state index in [1.165, 1.54) is 0 Å². The number of hydrogen-bond donors (Lipinski definition) is 1. The average molecular weight is 448 g/mol. The molecule has 1 aromatic heterocycles. The Labute approximate surface area is 192 Å². The number of likely N-dealkylation sites (tertiary alicyclic amines) is 2. The topological polar surface area (TPSA) is 91.4 Å². The van der Waals surface area contributed by atoms with E-state index < -0.39 is 0 Å². The van der Waals surface area contributed by atoms with Crippen molar-refractivity contribution in [3.63, 3.8) is 0 Å². The van der Waals surface area contributed by atoms with Crippen LogP contribution in [0.5, 0.6) is 5.75 Å². The molecule has 0 radical (unpaired) electrons. The molecule has 2 amide bonds. The molecule has 8 heteroatoms. The normalized spacial score (nSPS) is 20.0. The van der Waals surface area contributed by atoms with Crippen molar-refractivity contribution >= 4 is 22.8 Å². The number of aromatic amines is 1. The van der Waals surface area contributed by atoms with Gasteiger partial charge in [0.25, 0.3) is 11.8 Å². The van der Waals surface area contributed by atoms with Gasteiger partial charge in [0.2, 0.25) is 0 Å². The van der Waals surface area contributed by atoms with Crippen LogP contribution in [0.15, 0.2) is 36.4 Å². The Bertz CT molecular complexity index is 1190. The highest BCUT2D eigenvalue weighted by Gasteiger charge is 2.43. The first-order valence-corrected chi connectivity index (χ1v) is 11.5. The van der Waals surface area contributed by atoms with Crippen molar-refractivity contribution in [1.82, 2.24) is 25.2 Å². The van der Waals surface area contributed by atoms with Gasteiger partial charge in [0.1, 0.15) is 11.3 Å². The highest BCUT2D eigenvalue weighted by molar-refractivity contribution is 5.97. The van der Waals surface area contributed by atoms with Gasteiger partial charge in [-0.25, -0.2) is 0 Å². The lowest BCUT2D eigenvalue weighted by Gasteiger charge is -2.22. The van der Waals surface area contributed by atoms with Crippen molar-refractivity contribution in [2.45, 2.75) is 26.7 Å². The summed E-state index contributed by atoms with van der Waals surface area (Å²) >= 11 is 0. The Morgan fingerprint density at radius 2 is 1.79 bits per heavy atom. The number of ether oxygens (including phenoxy) is 1.